The topological polar surface area (TPSA) is 49.3 Å². The van der Waals surface area contributed by atoms with E-state index in [4.69, 9.17) is 0 Å². The molecule has 0 aliphatic heterocycles. The molecule has 3 aromatic rings. The summed E-state index contributed by atoms with van der Waals surface area (Å²) < 4.78 is 0. The standard InChI is InChI=1S/C22H21NO2/c1-22(25,20-10-6-3-7-11-20)16-23-21(24)19-14-12-18(13-15-19)17-8-4-2-5-9-17/h2-15,25H,16H2,1H3,(H,23,24). The van der Waals surface area contributed by atoms with Crippen LogP contribution in [0.4, 0.5) is 0 Å². The molecule has 0 aliphatic carbocycles. The molecule has 0 aromatic heterocycles. The van der Waals surface area contributed by atoms with Gasteiger partial charge in [-0.25, -0.2) is 0 Å². The lowest BCUT2D eigenvalue weighted by atomic mass is 9.96. The minimum Gasteiger partial charge on any atom is -0.384 e. The van der Waals surface area contributed by atoms with Crippen molar-refractivity contribution < 1.29 is 9.90 Å². The Morgan fingerprint density at radius 2 is 1.36 bits per heavy atom. The fourth-order valence-corrected chi connectivity index (χ4v) is 2.70. The van der Waals surface area contributed by atoms with Gasteiger partial charge in [-0.05, 0) is 35.7 Å². The quantitative estimate of drug-likeness (QED) is 0.743. The van der Waals surface area contributed by atoms with Crippen LogP contribution in [0.25, 0.3) is 11.1 Å². The summed E-state index contributed by atoms with van der Waals surface area (Å²) in [7, 11) is 0. The molecule has 0 spiro atoms. The van der Waals surface area contributed by atoms with Crippen LogP contribution in [0.3, 0.4) is 0 Å². The monoisotopic (exact) mass is 331 g/mol. The van der Waals surface area contributed by atoms with Crippen molar-refractivity contribution in [3.05, 3.63) is 96.1 Å². The number of hydrogen-bond acceptors (Lipinski definition) is 2. The SMILES string of the molecule is CC(O)(CNC(=O)c1ccc(-c2ccccc2)cc1)c1ccccc1. The van der Waals surface area contributed by atoms with Crippen LogP contribution in [0.1, 0.15) is 22.8 Å². The number of rotatable bonds is 5. The second kappa shape index (κ2) is 7.32. The van der Waals surface area contributed by atoms with Gasteiger partial charge in [0.1, 0.15) is 5.60 Å². The maximum atomic E-state index is 12.3. The van der Waals surface area contributed by atoms with Crippen molar-refractivity contribution >= 4 is 5.91 Å². The van der Waals surface area contributed by atoms with E-state index < -0.39 is 5.60 Å². The molecule has 0 saturated carbocycles. The van der Waals surface area contributed by atoms with Gasteiger partial charge in [0.2, 0.25) is 0 Å². The van der Waals surface area contributed by atoms with Gasteiger partial charge in [0, 0.05) is 5.56 Å². The summed E-state index contributed by atoms with van der Waals surface area (Å²) in [4.78, 5) is 12.3. The summed E-state index contributed by atoms with van der Waals surface area (Å²) in [6, 6.07) is 26.8. The number of aliphatic hydroxyl groups is 1. The number of benzene rings is 3. The summed E-state index contributed by atoms with van der Waals surface area (Å²) in [5.74, 6) is -0.198. The van der Waals surface area contributed by atoms with Crippen LogP contribution in [-0.2, 0) is 5.60 Å². The van der Waals surface area contributed by atoms with Gasteiger partial charge in [0.05, 0.1) is 6.54 Å². The molecule has 3 heteroatoms. The smallest absolute Gasteiger partial charge is 0.251 e. The van der Waals surface area contributed by atoms with Crippen LogP contribution >= 0.6 is 0 Å². The molecule has 1 unspecified atom stereocenters. The van der Waals surface area contributed by atoms with E-state index in [0.717, 1.165) is 16.7 Å². The van der Waals surface area contributed by atoms with Crippen molar-refractivity contribution in [2.24, 2.45) is 0 Å². The van der Waals surface area contributed by atoms with E-state index in [1.165, 1.54) is 0 Å². The predicted molar refractivity (Wildman–Crippen MR) is 100 cm³/mol. The van der Waals surface area contributed by atoms with Crippen LogP contribution in [0.15, 0.2) is 84.9 Å². The molecule has 3 rings (SSSR count). The number of carbonyl (C=O) groups is 1. The molecule has 3 aromatic carbocycles. The fourth-order valence-electron chi connectivity index (χ4n) is 2.70. The van der Waals surface area contributed by atoms with Crippen LogP contribution in [0.2, 0.25) is 0 Å². The number of hydrogen-bond donors (Lipinski definition) is 2. The lowest BCUT2D eigenvalue weighted by Crippen LogP contribution is -2.38. The molecule has 1 atom stereocenters. The van der Waals surface area contributed by atoms with E-state index in [0.29, 0.717) is 5.56 Å². The van der Waals surface area contributed by atoms with E-state index in [2.05, 4.69) is 5.32 Å². The maximum Gasteiger partial charge on any atom is 0.251 e. The van der Waals surface area contributed by atoms with Crippen molar-refractivity contribution in [1.29, 1.82) is 0 Å². The molecule has 0 bridgehead atoms. The first-order valence-corrected chi connectivity index (χ1v) is 8.28. The highest BCUT2D eigenvalue weighted by molar-refractivity contribution is 5.94. The number of amides is 1. The van der Waals surface area contributed by atoms with Crippen LogP contribution in [0.5, 0.6) is 0 Å². The zero-order valence-corrected chi connectivity index (χ0v) is 14.1. The second-order valence-electron chi connectivity index (χ2n) is 6.27. The Hall–Kier alpha value is -2.91. The van der Waals surface area contributed by atoms with E-state index in [-0.39, 0.29) is 12.5 Å². The first-order chi connectivity index (χ1) is 12.1. The summed E-state index contributed by atoms with van der Waals surface area (Å²) in [5.41, 5.74) is 2.41. The lowest BCUT2D eigenvalue weighted by Gasteiger charge is -2.24. The minimum absolute atomic E-state index is 0.149. The molecule has 0 fully saturated rings. The Morgan fingerprint density at radius 3 is 1.96 bits per heavy atom. The molecule has 0 saturated heterocycles. The van der Waals surface area contributed by atoms with Gasteiger partial charge < -0.3 is 10.4 Å². The third kappa shape index (κ3) is 4.14. The van der Waals surface area contributed by atoms with Crippen molar-refractivity contribution in [3.63, 3.8) is 0 Å². The average molecular weight is 331 g/mol. The summed E-state index contributed by atoms with van der Waals surface area (Å²) in [6.45, 7) is 1.84. The second-order valence-corrected chi connectivity index (χ2v) is 6.27. The van der Waals surface area contributed by atoms with Crippen molar-refractivity contribution in [1.82, 2.24) is 5.32 Å². The molecule has 1 amide bonds. The van der Waals surface area contributed by atoms with Crippen molar-refractivity contribution in [2.45, 2.75) is 12.5 Å². The Kier molecular flexibility index (Phi) is 4.96. The summed E-state index contributed by atoms with van der Waals surface area (Å²) >= 11 is 0. The molecule has 3 nitrogen and oxygen atoms in total. The van der Waals surface area contributed by atoms with Crippen molar-refractivity contribution in [3.8, 4) is 11.1 Å². The van der Waals surface area contributed by atoms with E-state index in [1.54, 1.807) is 19.1 Å². The van der Waals surface area contributed by atoms with Crippen LogP contribution in [-0.4, -0.2) is 17.6 Å². The highest BCUT2D eigenvalue weighted by Crippen LogP contribution is 2.21. The zero-order valence-electron chi connectivity index (χ0n) is 14.1. The zero-order chi connectivity index (χ0) is 17.7. The van der Waals surface area contributed by atoms with Gasteiger partial charge >= 0.3 is 0 Å². The van der Waals surface area contributed by atoms with Gasteiger partial charge in [-0.2, -0.15) is 0 Å². The summed E-state index contributed by atoms with van der Waals surface area (Å²) in [6.07, 6.45) is 0. The van der Waals surface area contributed by atoms with Gasteiger partial charge in [-0.1, -0.05) is 72.8 Å². The number of carbonyl (C=O) groups excluding carboxylic acids is 1. The number of nitrogens with one attached hydrogen (secondary N) is 1. The van der Waals surface area contributed by atoms with Gasteiger partial charge in [0.25, 0.3) is 5.91 Å². The summed E-state index contributed by atoms with van der Waals surface area (Å²) in [5, 5.41) is 13.4. The Bertz CT molecular complexity index is 825. The maximum absolute atomic E-state index is 12.3. The molecule has 126 valence electrons. The first kappa shape index (κ1) is 16.9. The molecular formula is C22H21NO2. The molecule has 25 heavy (non-hydrogen) atoms. The van der Waals surface area contributed by atoms with Gasteiger partial charge in [-0.3, -0.25) is 4.79 Å². The molecule has 2 N–H and O–H groups in total. The molecular weight excluding hydrogens is 310 g/mol. The third-order valence-electron chi connectivity index (χ3n) is 4.24. The minimum atomic E-state index is -1.11. The first-order valence-electron chi connectivity index (χ1n) is 8.28. The third-order valence-corrected chi connectivity index (χ3v) is 4.24. The van der Waals surface area contributed by atoms with Crippen LogP contribution < -0.4 is 5.32 Å². The van der Waals surface area contributed by atoms with Crippen molar-refractivity contribution in [2.75, 3.05) is 6.54 Å². The molecule has 0 radical (unpaired) electrons. The normalized spacial score (nSPS) is 13.0. The van der Waals surface area contributed by atoms with Gasteiger partial charge in [-0.15, -0.1) is 0 Å². The highest BCUT2D eigenvalue weighted by Gasteiger charge is 2.23. The Balaban J connectivity index is 1.66. The van der Waals surface area contributed by atoms with E-state index in [1.807, 2.05) is 72.8 Å². The fraction of sp³-hybridized carbons (Fsp3) is 0.136. The van der Waals surface area contributed by atoms with Gasteiger partial charge in [0.15, 0.2) is 0 Å². The Labute approximate surface area is 148 Å². The molecule has 0 aliphatic rings. The molecule has 0 heterocycles. The lowest BCUT2D eigenvalue weighted by molar-refractivity contribution is 0.0526. The van der Waals surface area contributed by atoms with E-state index in [9.17, 15) is 9.90 Å². The largest absolute Gasteiger partial charge is 0.384 e. The predicted octanol–water partition coefficient (Wildman–Crippen LogP) is 3.99. The average Bonchev–Trinajstić information content (AvgIpc) is 2.68. The Morgan fingerprint density at radius 1 is 0.840 bits per heavy atom. The highest BCUT2D eigenvalue weighted by atomic mass is 16.3. The van der Waals surface area contributed by atoms with E-state index >= 15 is 0 Å². The van der Waals surface area contributed by atoms with Crippen LogP contribution in [0, 0.1) is 0 Å².